The monoisotopic (exact) mass is 1040 g/mol. The van der Waals surface area contributed by atoms with Gasteiger partial charge in [-0.05, 0) is 137 Å². The predicted molar refractivity (Wildman–Crippen MR) is 277 cm³/mol. The molecule has 2 saturated carbocycles. The Bertz CT molecular complexity index is 3010. The number of amides is 2. The fourth-order valence-corrected chi connectivity index (χ4v) is 9.99. The zero-order chi connectivity index (χ0) is 49.9. The van der Waals surface area contributed by atoms with Gasteiger partial charge in [-0.15, -0.1) is 0 Å². The Kier molecular flexibility index (Phi) is 13.0. The number of carbonyl (C=O) groups is 2. The molecular weight excluding hydrogens is 983 g/mol. The van der Waals surface area contributed by atoms with Gasteiger partial charge in [-0.2, -0.15) is 0 Å². The van der Waals surface area contributed by atoms with E-state index in [2.05, 4.69) is 107 Å². The van der Waals surface area contributed by atoms with E-state index in [4.69, 9.17) is 33.2 Å². The van der Waals surface area contributed by atoms with Crippen LogP contribution in [-0.4, -0.2) is 111 Å². The third kappa shape index (κ3) is 10.0. The number of fused-ring (bicyclic) bond motifs is 4. The highest BCUT2D eigenvalue weighted by Crippen LogP contribution is 2.44. The fraction of sp³-hybridized carbons (Fsp3) is 0.500. The van der Waals surface area contributed by atoms with Gasteiger partial charge in [0.1, 0.15) is 52.6 Å². The Labute approximate surface area is 427 Å². The van der Waals surface area contributed by atoms with Crippen LogP contribution in [0.3, 0.4) is 0 Å². The van der Waals surface area contributed by atoms with Gasteiger partial charge in [-0.3, -0.25) is 9.59 Å². The van der Waals surface area contributed by atoms with Crippen LogP contribution in [0.5, 0.6) is 23.0 Å². The van der Waals surface area contributed by atoms with Crippen molar-refractivity contribution in [2.75, 3.05) is 50.0 Å². The van der Waals surface area contributed by atoms with Crippen molar-refractivity contribution < 1.29 is 37.8 Å². The summed E-state index contributed by atoms with van der Waals surface area (Å²) < 4.78 is 41.8. The van der Waals surface area contributed by atoms with Gasteiger partial charge in [0.15, 0.2) is 23.1 Å². The molecule has 2 aliphatic carbocycles. The number of nitrogens with zero attached hydrogens (tertiary/aromatic N) is 6. The molecule has 0 spiro atoms. The van der Waals surface area contributed by atoms with Gasteiger partial charge >= 0.3 is 7.12 Å². The normalized spacial score (nSPS) is 22.3. The second-order valence-electron chi connectivity index (χ2n) is 20.8. The van der Waals surface area contributed by atoms with E-state index in [1.807, 2.05) is 56.8 Å². The molecule has 5 aliphatic heterocycles. The molecule has 5 fully saturated rings. The van der Waals surface area contributed by atoms with Gasteiger partial charge in [0, 0.05) is 55.4 Å². The molecule has 7 aliphatic rings. The lowest BCUT2D eigenvalue weighted by Gasteiger charge is -2.32. The highest BCUT2D eigenvalue weighted by molar-refractivity contribution is 9.10. The molecule has 9 heterocycles. The topological polar surface area (TPSA) is 199 Å². The SMILES string of the molecule is Brc1ccc2c(n1)NCCO2.C[C@@H](Oc1cc(-c2ccc3c(n2)NCCO3)cc2ncn(C3CC3)c12)[C@H]1CNC(=O)C1.C[C@@H](Oc1cc(B2OC(C)(C)C(C)(C)O2)cc2ncn(C3CC3)c12)[C@H]1CNC(=O)C1. The lowest BCUT2D eigenvalue weighted by Crippen LogP contribution is -2.41. The van der Waals surface area contributed by atoms with Gasteiger partial charge in [0.05, 0.1) is 53.7 Å². The van der Waals surface area contributed by atoms with Crippen molar-refractivity contribution in [1.82, 2.24) is 39.7 Å². The number of aromatic nitrogens is 6. The molecule has 18 nitrogen and oxygen atoms in total. The lowest BCUT2D eigenvalue weighted by molar-refractivity contribution is -0.120. The zero-order valence-corrected chi connectivity index (χ0v) is 43.2. The molecule has 13 rings (SSSR count). The standard InChI is InChI=1S/C23H25N5O3.C22H30BN3O4.C7H7BrN2O/c1-13(15-10-21(29)25-11-15)31-20-9-14(8-18-22(20)28(12-26-18)16-2-3-16)17-4-5-19-23(27-17)24-6-7-30-19;1-13(14-8-19(27)24-11-14)28-18-10-15(23-29-21(2,3)22(4,5)30-23)9-17-20(18)26(12-25-17)16-6-7-16;8-6-2-1-5-7(10-6)9-3-4-11-5/h4-5,8-9,12-13,15-16H,2-3,6-7,10-11H2,1H3,(H,24,27)(H,25,29);9-10,12-14,16H,6-8,11H2,1-5H3,(H,24,27);1-2H,3-4H2,(H,9,10)/t13-,15-;13-,14-;/m11./s1. The van der Waals surface area contributed by atoms with Crippen molar-refractivity contribution in [1.29, 1.82) is 0 Å². The number of imidazole rings is 2. The minimum Gasteiger partial charge on any atom is -0.488 e. The number of ether oxygens (including phenoxy) is 4. The maximum atomic E-state index is 11.7. The number of hydrogen-bond acceptors (Lipinski definition) is 14. The zero-order valence-electron chi connectivity index (χ0n) is 41.6. The molecule has 0 unspecified atom stereocenters. The van der Waals surface area contributed by atoms with Crippen molar-refractivity contribution in [2.45, 2.75) is 116 Å². The van der Waals surface area contributed by atoms with E-state index in [-0.39, 0.29) is 35.9 Å². The van der Waals surface area contributed by atoms with Crippen LogP contribution in [-0.2, 0) is 18.9 Å². The van der Waals surface area contributed by atoms with E-state index in [0.29, 0.717) is 44.6 Å². The number of rotatable bonds is 10. The summed E-state index contributed by atoms with van der Waals surface area (Å²) in [5.74, 6) is 5.28. The van der Waals surface area contributed by atoms with Gasteiger partial charge in [0.2, 0.25) is 11.8 Å². The number of halogens is 1. The summed E-state index contributed by atoms with van der Waals surface area (Å²) in [6.45, 7) is 16.5. The first-order chi connectivity index (χ1) is 34.7. The van der Waals surface area contributed by atoms with Crippen molar-refractivity contribution in [2.24, 2.45) is 11.8 Å². The second kappa shape index (κ2) is 19.4. The number of benzene rings is 2. The number of anilines is 2. The summed E-state index contributed by atoms with van der Waals surface area (Å²) in [5, 5.41) is 12.3. The van der Waals surface area contributed by atoms with E-state index < -0.39 is 18.3 Å². The molecule has 0 bridgehead atoms. The molecule has 3 saturated heterocycles. The van der Waals surface area contributed by atoms with E-state index >= 15 is 0 Å². The van der Waals surface area contributed by atoms with Crippen LogP contribution in [0.4, 0.5) is 11.6 Å². The molecule has 2 amide bonds. The van der Waals surface area contributed by atoms with E-state index in [1.165, 1.54) is 25.7 Å². The van der Waals surface area contributed by atoms with Crippen LogP contribution in [0.2, 0.25) is 0 Å². The average molecular weight is 1050 g/mol. The van der Waals surface area contributed by atoms with Gasteiger partial charge < -0.3 is 58.7 Å². The quantitative estimate of drug-likeness (QED) is 0.0784. The fourth-order valence-electron chi connectivity index (χ4n) is 9.68. The van der Waals surface area contributed by atoms with E-state index in [0.717, 1.165) is 97.7 Å². The maximum Gasteiger partial charge on any atom is 0.495 e. The van der Waals surface area contributed by atoms with Crippen molar-refractivity contribution >= 4 is 74.0 Å². The highest BCUT2D eigenvalue weighted by atomic mass is 79.9. The third-order valence-corrected chi connectivity index (χ3v) is 15.4. The summed E-state index contributed by atoms with van der Waals surface area (Å²) in [7, 11) is -0.474. The average Bonchev–Trinajstić information content (AvgIpc) is 4.15. The maximum absolute atomic E-state index is 11.7. The molecule has 378 valence electrons. The smallest absolute Gasteiger partial charge is 0.488 e. The lowest BCUT2D eigenvalue weighted by atomic mass is 9.78. The first kappa shape index (κ1) is 48.2. The third-order valence-electron chi connectivity index (χ3n) is 15.0. The molecular formula is C52H62BBrN10O8. The number of pyridine rings is 2. The molecule has 6 aromatic rings. The molecule has 0 radical (unpaired) electrons. The molecule has 4 atom stereocenters. The minimum atomic E-state index is -0.474. The first-order valence-electron chi connectivity index (χ1n) is 25.3. The summed E-state index contributed by atoms with van der Waals surface area (Å²) in [6, 6.07) is 16.9. The Morgan fingerprint density at radius 1 is 0.681 bits per heavy atom. The second-order valence-corrected chi connectivity index (χ2v) is 21.7. The Hall–Kier alpha value is -6.12. The van der Waals surface area contributed by atoms with Crippen molar-refractivity contribution in [3.05, 3.63) is 65.8 Å². The predicted octanol–water partition coefficient (Wildman–Crippen LogP) is 7.36. The Morgan fingerprint density at radius 3 is 1.72 bits per heavy atom. The van der Waals surface area contributed by atoms with Crippen LogP contribution in [0, 0.1) is 11.8 Å². The van der Waals surface area contributed by atoms with Crippen LogP contribution >= 0.6 is 15.9 Å². The number of carbonyl (C=O) groups excluding carboxylic acids is 2. The number of nitrogens with one attached hydrogen (secondary N) is 4. The summed E-state index contributed by atoms with van der Waals surface area (Å²) in [4.78, 5) is 41.7. The van der Waals surface area contributed by atoms with Crippen LogP contribution in [0.25, 0.3) is 33.3 Å². The summed E-state index contributed by atoms with van der Waals surface area (Å²) in [6.07, 6.45) is 9.32. The molecule has 20 heteroatoms. The largest absolute Gasteiger partial charge is 0.495 e. The van der Waals surface area contributed by atoms with E-state index in [1.54, 1.807) is 0 Å². The molecule has 2 aromatic carbocycles. The Morgan fingerprint density at radius 2 is 1.19 bits per heavy atom. The molecule has 4 aromatic heterocycles. The highest BCUT2D eigenvalue weighted by Gasteiger charge is 2.52. The summed E-state index contributed by atoms with van der Waals surface area (Å²) >= 11 is 3.28. The van der Waals surface area contributed by atoms with E-state index in [9.17, 15) is 9.59 Å². The van der Waals surface area contributed by atoms with Gasteiger partial charge in [-0.25, -0.2) is 19.9 Å². The summed E-state index contributed by atoms with van der Waals surface area (Å²) in [5.41, 5.74) is 5.70. The number of hydrogen-bond donors (Lipinski definition) is 4. The Balaban J connectivity index is 0.000000129. The minimum absolute atomic E-state index is 0.0912. The van der Waals surface area contributed by atoms with Crippen LogP contribution < -0.4 is 45.7 Å². The van der Waals surface area contributed by atoms with Crippen molar-refractivity contribution in [3.8, 4) is 34.3 Å². The molecule has 72 heavy (non-hydrogen) atoms. The van der Waals surface area contributed by atoms with Crippen molar-refractivity contribution in [3.63, 3.8) is 0 Å². The van der Waals surface area contributed by atoms with Gasteiger partial charge in [-0.1, -0.05) is 0 Å². The molecule has 4 N–H and O–H groups in total. The first-order valence-corrected chi connectivity index (χ1v) is 26.1. The van der Waals surface area contributed by atoms with Gasteiger partial charge in [0.25, 0.3) is 0 Å². The van der Waals surface area contributed by atoms with Crippen LogP contribution in [0.15, 0.2) is 65.8 Å². The van der Waals surface area contributed by atoms with Crippen LogP contribution in [0.1, 0.15) is 92.2 Å².